The zero-order valence-corrected chi connectivity index (χ0v) is 11.1. The van der Waals surface area contributed by atoms with E-state index in [1.54, 1.807) is 13.8 Å². The summed E-state index contributed by atoms with van der Waals surface area (Å²) in [6, 6.07) is 0. The predicted molar refractivity (Wildman–Crippen MR) is 61.9 cm³/mol. The Bertz CT molecular complexity index is 402. The van der Waals surface area contributed by atoms with Crippen molar-refractivity contribution < 1.29 is 23.1 Å². The first-order valence-electron chi connectivity index (χ1n) is 4.94. The molecule has 1 atom stereocenters. The Labute approximate surface area is 101 Å². The van der Waals surface area contributed by atoms with Gasteiger partial charge in [0, 0.05) is 12.1 Å². The summed E-state index contributed by atoms with van der Waals surface area (Å²) in [6.07, 6.45) is 1.01. The standard InChI is InChI=1S/C9H18N2O5S/c1-6(8(13)14)7(12)10-5-9(2,3)11-17(4,15)16/h6,11H,5H2,1-4H3,(H,10,12)(H,13,14). The van der Waals surface area contributed by atoms with Crippen LogP contribution in [0.1, 0.15) is 20.8 Å². The number of carboxylic acids is 1. The lowest BCUT2D eigenvalue weighted by Gasteiger charge is -2.25. The number of sulfonamides is 1. The van der Waals surface area contributed by atoms with Gasteiger partial charge in [0.25, 0.3) is 0 Å². The highest BCUT2D eigenvalue weighted by atomic mass is 32.2. The first kappa shape index (κ1) is 15.9. The van der Waals surface area contributed by atoms with E-state index in [9.17, 15) is 18.0 Å². The summed E-state index contributed by atoms with van der Waals surface area (Å²) < 4.78 is 24.4. The fourth-order valence-corrected chi connectivity index (χ4v) is 2.19. The fourth-order valence-electron chi connectivity index (χ4n) is 1.11. The van der Waals surface area contributed by atoms with E-state index in [2.05, 4.69) is 10.0 Å². The van der Waals surface area contributed by atoms with Crippen LogP contribution in [0.2, 0.25) is 0 Å². The van der Waals surface area contributed by atoms with Crippen molar-refractivity contribution in [2.24, 2.45) is 5.92 Å². The summed E-state index contributed by atoms with van der Waals surface area (Å²) >= 11 is 0. The Morgan fingerprint density at radius 3 is 2.18 bits per heavy atom. The summed E-state index contributed by atoms with van der Waals surface area (Å²) in [7, 11) is -3.38. The normalized spacial score (nSPS) is 14.1. The molecule has 0 aliphatic heterocycles. The lowest BCUT2D eigenvalue weighted by Crippen LogP contribution is -2.52. The Morgan fingerprint density at radius 2 is 1.82 bits per heavy atom. The van der Waals surface area contributed by atoms with Crippen molar-refractivity contribution in [1.29, 1.82) is 0 Å². The average molecular weight is 266 g/mol. The van der Waals surface area contributed by atoms with E-state index in [1.807, 2.05) is 0 Å². The molecule has 0 saturated carbocycles. The number of rotatable bonds is 6. The van der Waals surface area contributed by atoms with Crippen molar-refractivity contribution in [3.05, 3.63) is 0 Å². The molecule has 8 heteroatoms. The molecule has 0 aliphatic carbocycles. The van der Waals surface area contributed by atoms with Gasteiger partial charge in [-0.25, -0.2) is 13.1 Å². The van der Waals surface area contributed by atoms with E-state index in [0.717, 1.165) is 6.26 Å². The molecule has 3 N–H and O–H groups in total. The number of amides is 1. The maximum atomic E-state index is 11.3. The zero-order chi connectivity index (χ0) is 13.9. The van der Waals surface area contributed by atoms with Crippen LogP contribution in [0, 0.1) is 5.92 Å². The van der Waals surface area contributed by atoms with Crippen LogP contribution in [-0.2, 0) is 19.6 Å². The molecule has 0 aliphatic rings. The van der Waals surface area contributed by atoms with Crippen molar-refractivity contribution in [3.8, 4) is 0 Å². The summed E-state index contributed by atoms with van der Waals surface area (Å²) in [5, 5.41) is 11.0. The molecule has 100 valence electrons. The van der Waals surface area contributed by atoms with Crippen molar-refractivity contribution in [3.63, 3.8) is 0 Å². The van der Waals surface area contributed by atoms with Crippen molar-refractivity contribution in [2.45, 2.75) is 26.3 Å². The Morgan fingerprint density at radius 1 is 1.35 bits per heavy atom. The van der Waals surface area contributed by atoms with Crippen molar-refractivity contribution >= 4 is 21.9 Å². The number of hydrogen-bond acceptors (Lipinski definition) is 4. The molecule has 7 nitrogen and oxygen atoms in total. The molecule has 0 aromatic heterocycles. The number of nitrogens with one attached hydrogen (secondary N) is 2. The van der Waals surface area contributed by atoms with E-state index in [0.29, 0.717) is 0 Å². The molecule has 17 heavy (non-hydrogen) atoms. The van der Waals surface area contributed by atoms with Crippen LogP contribution in [0.15, 0.2) is 0 Å². The molecule has 0 saturated heterocycles. The topological polar surface area (TPSA) is 113 Å². The first-order chi connectivity index (χ1) is 7.44. The zero-order valence-electron chi connectivity index (χ0n) is 10.3. The third kappa shape index (κ3) is 6.90. The van der Waals surface area contributed by atoms with Crippen LogP contribution in [0.25, 0.3) is 0 Å². The van der Waals surface area contributed by atoms with Gasteiger partial charge in [0.2, 0.25) is 15.9 Å². The number of hydrogen-bond donors (Lipinski definition) is 3. The molecule has 0 bridgehead atoms. The monoisotopic (exact) mass is 266 g/mol. The third-order valence-corrected chi connectivity index (χ3v) is 2.85. The van der Waals surface area contributed by atoms with Gasteiger partial charge in [0.05, 0.1) is 6.26 Å². The second-order valence-corrected chi connectivity index (χ2v) is 6.28. The molecule has 0 aromatic carbocycles. The summed E-state index contributed by atoms with van der Waals surface area (Å²) in [5.41, 5.74) is -0.874. The van der Waals surface area contributed by atoms with Gasteiger partial charge in [-0.05, 0) is 20.8 Å². The highest BCUT2D eigenvalue weighted by Gasteiger charge is 2.26. The minimum atomic E-state index is -3.38. The molecular formula is C9H18N2O5S. The van der Waals surface area contributed by atoms with Gasteiger partial charge >= 0.3 is 5.97 Å². The Balaban J connectivity index is 4.37. The molecule has 0 fully saturated rings. The lowest BCUT2D eigenvalue weighted by atomic mass is 10.1. The largest absolute Gasteiger partial charge is 0.481 e. The quantitative estimate of drug-likeness (QED) is 0.542. The van der Waals surface area contributed by atoms with Gasteiger partial charge in [-0.15, -0.1) is 0 Å². The van der Waals surface area contributed by atoms with Crippen molar-refractivity contribution in [1.82, 2.24) is 10.0 Å². The van der Waals surface area contributed by atoms with Crippen LogP contribution >= 0.6 is 0 Å². The van der Waals surface area contributed by atoms with E-state index >= 15 is 0 Å². The Kier molecular flexibility index (Phi) is 5.09. The minimum absolute atomic E-state index is 0.0104. The maximum absolute atomic E-state index is 11.3. The van der Waals surface area contributed by atoms with Gasteiger partial charge in [-0.3, -0.25) is 9.59 Å². The van der Waals surface area contributed by atoms with E-state index < -0.39 is 33.4 Å². The van der Waals surface area contributed by atoms with Crippen LogP contribution in [-0.4, -0.2) is 43.7 Å². The molecule has 0 spiro atoms. The predicted octanol–water partition coefficient (Wildman–Crippen LogP) is -0.849. The van der Waals surface area contributed by atoms with Gasteiger partial charge in [-0.2, -0.15) is 0 Å². The van der Waals surface area contributed by atoms with Gasteiger partial charge in [0.1, 0.15) is 5.92 Å². The second kappa shape index (κ2) is 5.46. The van der Waals surface area contributed by atoms with Gasteiger partial charge in [0.15, 0.2) is 0 Å². The van der Waals surface area contributed by atoms with E-state index in [4.69, 9.17) is 5.11 Å². The van der Waals surface area contributed by atoms with E-state index in [1.165, 1.54) is 6.92 Å². The number of aliphatic carboxylic acids is 1. The van der Waals surface area contributed by atoms with Crippen molar-refractivity contribution in [2.75, 3.05) is 12.8 Å². The average Bonchev–Trinajstić information content (AvgIpc) is 2.09. The van der Waals surface area contributed by atoms with Crippen LogP contribution < -0.4 is 10.0 Å². The smallest absolute Gasteiger partial charge is 0.315 e. The van der Waals surface area contributed by atoms with Gasteiger partial charge < -0.3 is 10.4 Å². The van der Waals surface area contributed by atoms with Gasteiger partial charge in [-0.1, -0.05) is 0 Å². The van der Waals surface area contributed by atoms with Crippen LogP contribution in [0.3, 0.4) is 0 Å². The second-order valence-electron chi connectivity index (χ2n) is 4.54. The fraction of sp³-hybridized carbons (Fsp3) is 0.778. The SMILES string of the molecule is CC(C(=O)O)C(=O)NCC(C)(C)NS(C)(=O)=O. The van der Waals surface area contributed by atoms with E-state index in [-0.39, 0.29) is 6.54 Å². The third-order valence-electron chi connectivity index (χ3n) is 1.93. The molecule has 0 heterocycles. The number of carbonyl (C=O) groups excluding carboxylic acids is 1. The molecule has 0 rings (SSSR count). The maximum Gasteiger partial charge on any atom is 0.315 e. The molecule has 1 amide bonds. The number of carboxylic acid groups (broad SMARTS) is 1. The Hall–Kier alpha value is -1.15. The summed E-state index contributed by atoms with van der Waals surface area (Å²) in [6.45, 7) is 4.44. The van der Waals surface area contributed by atoms with Crippen LogP contribution in [0.4, 0.5) is 0 Å². The van der Waals surface area contributed by atoms with Crippen LogP contribution in [0.5, 0.6) is 0 Å². The highest BCUT2D eigenvalue weighted by molar-refractivity contribution is 7.88. The first-order valence-corrected chi connectivity index (χ1v) is 6.83. The number of carbonyl (C=O) groups is 2. The molecule has 0 aromatic rings. The molecule has 0 radical (unpaired) electrons. The minimum Gasteiger partial charge on any atom is -0.481 e. The molecular weight excluding hydrogens is 248 g/mol. The highest BCUT2D eigenvalue weighted by Crippen LogP contribution is 2.03. The summed E-state index contributed by atoms with van der Waals surface area (Å²) in [4.78, 5) is 21.8. The summed E-state index contributed by atoms with van der Waals surface area (Å²) in [5.74, 6) is -3.04. The lowest BCUT2D eigenvalue weighted by molar-refractivity contribution is -0.146. The molecule has 1 unspecified atom stereocenters.